The smallest absolute Gasteiger partial charge is 0.0526 e. The van der Waals surface area contributed by atoms with Crippen molar-refractivity contribution in [3.8, 4) is 0 Å². The van der Waals surface area contributed by atoms with Gasteiger partial charge in [0.05, 0.1) is 6.54 Å². The van der Waals surface area contributed by atoms with E-state index in [1.807, 2.05) is 0 Å². The number of rotatable bonds is 2. The van der Waals surface area contributed by atoms with Crippen LogP contribution in [0, 0.1) is 0 Å². The van der Waals surface area contributed by atoms with E-state index in [1.165, 1.54) is 11.1 Å². The van der Waals surface area contributed by atoms with Crippen LogP contribution in [0.5, 0.6) is 0 Å². The Morgan fingerprint density at radius 3 is 1.71 bits per heavy atom. The Morgan fingerprint density at radius 2 is 1.29 bits per heavy atom. The molecular weight excluding hydrogens is 206 g/mol. The standard InChI is InChI=1S/C16H15N/c1-3-7-14(8-4-1)16(11-12-17-13-16)15-9-5-2-6-10-15/h1-10,12H,11,13H2. The lowest BCUT2D eigenvalue weighted by Crippen LogP contribution is -2.28. The monoisotopic (exact) mass is 221 g/mol. The van der Waals surface area contributed by atoms with Gasteiger partial charge in [0.15, 0.2) is 0 Å². The summed E-state index contributed by atoms with van der Waals surface area (Å²) in [5, 5.41) is 0. The molecule has 0 saturated carbocycles. The predicted molar refractivity (Wildman–Crippen MR) is 71.6 cm³/mol. The third-order valence-electron chi connectivity index (χ3n) is 3.58. The predicted octanol–water partition coefficient (Wildman–Crippen LogP) is 3.45. The minimum absolute atomic E-state index is 0.0581. The molecule has 0 saturated heterocycles. The highest BCUT2D eigenvalue weighted by atomic mass is 14.8. The van der Waals surface area contributed by atoms with E-state index in [2.05, 4.69) is 71.9 Å². The van der Waals surface area contributed by atoms with Crippen LogP contribution >= 0.6 is 0 Å². The summed E-state index contributed by atoms with van der Waals surface area (Å²) in [6, 6.07) is 21.4. The second kappa shape index (κ2) is 4.17. The van der Waals surface area contributed by atoms with Gasteiger partial charge < -0.3 is 0 Å². The SMILES string of the molecule is C1=NCC(c2ccccc2)(c2ccccc2)C1. The molecule has 1 aliphatic rings. The fraction of sp³-hybridized carbons (Fsp3) is 0.188. The number of benzene rings is 2. The number of hydrogen-bond acceptors (Lipinski definition) is 1. The van der Waals surface area contributed by atoms with Gasteiger partial charge in [-0.2, -0.15) is 0 Å². The molecule has 17 heavy (non-hydrogen) atoms. The molecule has 0 atom stereocenters. The molecule has 0 amide bonds. The van der Waals surface area contributed by atoms with Crippen LogP contribution in [0.25, 0.3) is 0 Å². The van der Waals surface area contributed by atoms with Crippen LogP contribution in [-0.2, 0) is 5.41 Å². The van der Waals surface area contributed by atoms with Crippen molar-refractivity contribution in [2.45, 2.75) is 11.8 Å². The molecule has 1 heterocycles. The third-order valence-corrected chi connectivity index (χ3v) is 3.58. The quantitative estimate of drug-likeness (QED) is 0.736. The molecule has 0 radical (unpaired) electrons. The summed E-state index contributed by atoms with van der Waals surface area (Å²) in [6.07, 6.45) is 3.06. The van der Waals surface area contributed by atoms with Gasteiger partial charge >= 0.3 is 0 Å². The van der Waals surface area contributed by atoms with Crippen LogP contribution in [-0.4, -0.2) is 12.8 Å². The maximum atomic E-state index is 4.46. The molecule has 0 aromatic heterocycles. The van der Waals surface area contributed by atoms with Crippen LogP contribution in [0.3, 0.4) is 0 Å². The summed E-state index contributed by atoms with van der Waals surface area (Å²) in [7, 11) is 0. The van der Waals surface area contributed by atoms with Crippen molar-refractivity contribution in [1.82, 2.24) is 0 Å². The zero-order valence-corrected chi connectivity index (χ0v) is 9.71. The molecule has 84 valence electrons. The van der Waals surface area contributed by atoms with E-state index in [1.54, 1.807) is 0 Å². The summed E-state index contributed by atoms with van der Waals surface area (Å²) in [4.78, 5) is 4.46. The van der Waals surface area contributed by atoms with E-state index < -0.39 is 0 Å². The van der Waals surface area contributed by atoms with Crippen LogP contribution in [0.15, 0.2) is 65.7 Å². The molecule has 2 aromatic rings. The zero-order valence-electron chi connectivity index (χ0n) is 9.71. The summed E-state index contributed by atoms with van der Waals surface area (Å²) in [5.41, 5.74) is 2.79. The molecule has 1 heteroatoms. The summed E-state index contributed by atoms with van der Waals surface area (Å²) < 4.78 is 0. The first kappa shape index (κ1) is 10.3. The summed E-state index contributed by atoms with van der Waals surface area (Å²) >= 11 is 0. The number of nitrogens with zero attached hydrogens (tertiary/aromatic N) is 1. The average Bonchev–Trinajstić information content (AvgIpc) is 2.91. The Bertz CT molecular complexity index is 464. The second-order valence-electron chi connectivity index (χ2n) is 4.54. The van der Waals surface area contributed by atoms with Crippen LogP contribution in [0.2, 0.25) is 0 Å². The Morgan fingerprint density at radius 1 is 0.765 bits per heavy atom. The van der Waals surface area contributed by atoms with Crippen LogP contribution < -0.4 is 0 Å². The van der Waals surface area contributed by atoms with Crippen molar-refractivity contribution < 1.29 is 0 Å². The first-order chi connectivity index (χ1) is 8.42. The summed E-state index contributed by atoms with van der Waals surface area (Å²) in [6.45, 7) is 0.862. The van der Waals surface area contributed by atoms with Gasteiger partial charge in [0.25, 0.3) is 0 Å². The lowest BCUT2D eigenvalue weighted by molar-refractivity contribution is 0.583. The van der Waals surface area contributed by atoms with Crippen molar-refractivity contribution in [3.63, 3.8) is 0 Å². The van der Waals surface area contributed by atoms with E-state index in [0.717, 1.165) is 13.0 Å². The highest BCUT2D eigenvalue weighted by Crippen LogP contribution is 2.37. The molecule has 1 aliphatic heterocycles. The molecule has 0 unspecified atom stereocenters. The van der Waals surface area contributed by atoms with Crippen molar-refractivity contribution in [2.24, 2.45) is 4.99 Å². The third kappa shape index (κ3) is 1.68. The van der Waals surface area contributed by atoms with E-state index >= 15 is 0 Å². The highest BCUT2D eigenvalue weighted by molar-refractivity contribution is 5.66. The van der Waals surface area contributed by atoms with Crippen molar-refractivity contribution >= 4 is 6.21 Å². The first-order valence-electron chi connectivity index (χ1n) is 6.01. The molecule has 0 aliphatic carbocycles. The van der Waals surface area contributed by atoms with Crippen molar-refractivity contribution in [3.05, 3.63) is 71.8 Å². The van der Waals surface area contributed by atoms with Gasteiger partial charge in [-0.1, -0.05) is 60.7 Å². The molecule has 0 bridgehead atoms. The maximum absolute atomic E-state index is 4.46. The Labute approximate surface area is 102 Å². The maximum Gasteiger partial charge on any atom is 0.0526 e. The Hall–Kier alpha value is -1.89. The Kier molecular flexibility index (Phi) is 2.52. The Balaban J connectivity index is 2.12. The minimum Gasteiger partial charge on any atom is -0.296 e. The van der Waals surface area contributed by atoms with Gasteiger partial charge in [0.1, 0.15) is 0 Å². The second-order valence-corrected chi connectivity index (χ2v) is 4.54. The largest absolute Gasteiger partial charge is 0.296 e. The number of hydrogen-bond donors (Lipinski definition) is 0. The van der Waals surface area contributed by atoms with Crippen LogP contribution in [0.1, 0.15) is 17.5 Å². The average molecular weight is 221 g/mol. The van der Waals surface area contributed by atoms with E-state index in [4.69, 9.17) is 0 Å². The molecular formula is C16H15N. The lowest BCUT2D eigenvalue weighted by atomic mass is 9.73. The zero-order chi connectivity index (χ0) is 11.6. The van der Waals surface area contributed by atoms with Gasteiger partial charge in [-0.15, -0.1) is 0 Å². The highest BCUT2D eigenvalue weighted by Gasteiger charge is 2.35. The van der Waals surface area contributed by atoms with E-state index in [9.17, 15) is 0 Å². The van der Waals surface area contributed by atoms with Gasteiger partial charge in [-0.3, -0.25) is 4.99 Å². The molecule has 1 nitrogen and oxygen atoms in total. The molecule has 0 N–H and O–H groups in total. The number of aliphatic imine (C=N–C) groups is 1. The van der Waals surface area contributed by atoms with Gasteiger partial charge in [-0.25, -0.2) is 0 Å². The normalized spacial score (nSPS) is 17.2. The molecule has 0 fully saturated rings. The topological polar surface area (TPSA) is 12.4 Å². The van der Waals surface area contributed by atoms with Gasteiger partial charge in [-0.05, 0) is 17.5 Å². The van der Waals surface area contributed by atoms with Crippen molar-refractivity contribution in [2.75, 3.05) is 6.54 Å². The fourth-order valence-electron chi connectivity index (χ4n) is 2.60. The van der Waals surface area contributed by atoms with Gasteiger partial charge in [0, 0.05) is 11.6 Å². The minimum atomic E-state index is 0.0581. The van der Waals surface area contributed by atoms with Gasteiger partial charge in [0.2, 0.25) is 0 Å². The lowest BCUT2D eigenvalue weighted by Gasteiger charge is -2.29. The summed E-state index contributed by atoms with van der Waals surface area (Å²) in [5.74, 6) is 0. The van der Waals surface area contributed by atoms with E-state index in [-0.39, 0.29) is 5.41 Å². The molecule has 3 rings (SSSR count). The fourth-order valence-corrected chi connectivity index (χ4v) is 2.60. The van der Waals surface area contributed by atoms with E-state index in [0.29, 0.717) is 0 Å². The van der Waals surface area contributed by atoms with Crippen LogP contribution in [0.4, 0.5) is 0 Å². The van der Waals surface area contributed by atoms with Crippen molar-refractivity contribution in [1.29, 1.82) is 0 Å². The molecule has 2 aromatic carbocycles. The molecule has 0 spiro atoms. The first-order valence-corrected chi connectivity index (χ1v) is 6.01.